The number of thiophene rings is 1. The van der Waals surface area contributed by atoms with Crippen molar-refractivity contribution in [3.63, 3.8) is 0 Å². The van der Waals surface area contributed by atoms with Crippen LogP contribution in [0.25, 0.3) is 0 Å². The van der Waals surface area contributed by atoms with Gasteiger partial charge in [0.1, 0.15) is 4.88 Å². The number of nitrogens with zero attached hydrogens (tertiary/aromatic N) is 1. The molecule has 0 unspecified atom stereocenters. The van der Waals surface area contributed by atoms with Gasteiger partial charge in [-0.1, -0.05) is 30.4 Å². The zero-order valence-electron chi connectivity index (χ0n) is 13.7. The van der Waals surface area contributed by atoms with Gasteiger partial charge < -0.3 is 4.74 Å². The van der Waals surface area contributed by atoms with E-state index in [2.05, 4.69) is 12.2 Å². The van der Waals surface area contributed by atoms with Gasteiger partial charge in [-0.25, -0.2) is 9.69 Å². The number of ether oxygens (including phenoxy) is 1. The Morgan fingerprint density at radius 1 is 1.00 bits per heavy atom. The second-order valence-electron chi connectivity index (χ2n) is 6.85. The molecular formula is C20H15NO4S. The molecule has 2 bridgehead atoms. The smallest absolute Gasteiger partial charge is 0.353 e. The molecule has 2 amide bonds. The molecule has 2 aromatic rings. The molecule has 2 heterocycles. The number of fused-ring (bicyclic) bond motifs is 5. The van der Waals surface area contributed by atoms with Crippen molar-refractivity contribution in [2.45, 2.75) is 6.42 Å². The van der Waals surface area contributed by atoms with Crippen LogP contribution in [0.2, 0.25) is 0 Å². The number of allylic oxidation sites excluding steroid dienone is 2. The third-order valence-electron chi connectivity index (χ3n) is 5.50. The Hall–Kier alpha value is -2.73. The van der Waals surface area contributed by atoms with Gasteiger partial charge in [0.15, 0.2) is 5.75 Å². The minimum atomic E-state index is -0.492. The standard InChI is InChI=1S/C20H15NO4S/c22-18-16-11-7-8-12(10-11)17(16)19(23)21(18)13-4-1-2-5-14(13)25-20(24)15-6-3-9-26-15/h1-9,11-12,16-17H,10H2/t11-,12+,16+,17-. The van der Waals surface area contributed by atoms with E-state index in [1.165, 1.54) is 16.2 Å². The van der Waals surface area contributed by atoms with Crippen molar-refractivity contribution >= 4 is 34.8 Å². The molecule has 2 fully saturated rings. The molecule has 26 heavy (non-hydrogen) atoms. The number of hydrogen-bond acceptors (Lipinski definition) is 5. The number of amides is 2. The summed E-state index contributed by atoms with van der Waals surface area (Å²) in [5.74, 6) is -0.897. The average molecular weight is 365 g/mol. The second kappa shape index (κ2) is 5.64. The van der Waals surface area contributed by atoms with E-state index in [0.29, 0.717) is 10.6 Å². The Morgan fingerprint density at radius 3 is 2.35 bits per heavy atom. The molecule has 5 rings (SSSR count). The number of benzene rings is 1. The summed E-state index contributed by atoms with van der Waals surface area (Å²) in [6.07, 6.45) is 5.00. The van der Waals surface area contributed by atoms with Crippen molar-refractivity contribution in [2.24, 2.45) is 23.7 Å². The number of hydrogen-bond donors (Lipinski definition) is 0. The maximum atomic E-state index is 13.0. The van der Waals surface area contributed by atoms with Crippen LogP contribution >= 0.6 is 11.3 Å². The van der Waals surface area contributed by atoms with E-state index in [4.69, 9.17) is 4.74 Å². The summed E-state index contributed by atoms with van der Waals surface area (Å²) in [5.41, 5.74) is 0.348. The molecule has 6 heteroatoms. The quantitative estimate of drug-likeness (QED) is 0.362. The fourth-order valence-corrected chi connectivity index (χ4v) is 5.01. The van der Waals surface area contributed by atoms with Crippen molar-refractivity contribution in [2.75, 3.05) is 4.90 Å². The number of imide groups is 1. The van der Waals surface area contributed by atoms with E-state index in [0.717, 1.165) is 6.42 Å². The van der Waals surface area contributed by atoms with Gasteiger partial charge in [-0.3, -0.25) is 9.59 Å². The zero-order chi connectivity index (χ0) is 17.8. The Labute approximate surface area is 153 Å². The van der Waals surface area contributed by atoms with Crippen LogP contribution in [0.1, 0.15) is 16.1 Å². The number of rotatable bonds is 3. The molecule has 5 nitrogen and oxygen atoms in total. The molecule has 1 saturated carbocycles. The van der Waals surface area contributed by atoms with Crippen LogP contribution in [0.3, 0.4) is 0 Å². The molecule has 1 aliphatic heterocycles. The second-order valence-corrected chi connectivity index (χ2v) is 7.79. The van der Waals surface area contributed by atoms with Gasteiger partial charge in [0.2, 0.25) is 11.8 Å². The minimum Gasteiger partial charge on any atom is -0.420 e. The van der Waals surface area contributed by atoms with E-state index < -0.39 is 5.97 Å². The lowest BCUT2D eigenvalue weighted by Crippen LogP contribution is -2.33. The van der Waals surface area contributed by atoms with Crippen LogP contribution in [-0.4, -0.2) is 17.8 Å². The summed E-state index contributed by atoms with van der Waals surface area (Å²) < 4.78 is 5.50. The number of anilines is 1. The number of carbonyl (C=O) groups excluding carboxylic acids is 3. The highest BCUT2D eigenvalue weighted by Crippen LogP contribution is 2.53. The SMILES string of the molecule is O=C(Oc1ccccc1N1C(=O)[C@@H]2[C@H](C1=O)[C@H]1C=C[C@@H]2C1)c1cccs1. The van der Waals surface area contributed by atoms with E-state index in [1.807, 2.05) is 0 Å². The largest absolute Gasteiger partial charge is 0.420 e. The third kappa shape index (κ3) is 2.12. The molecule has 0 radical (unpaired) electrons. The number of esters is 1. The summed E-state index contributed by atoms with van der Waals surface area (Å²) in [6, 6.07) is 10.2. The fourth-order valence-electron chi connectivity index (χ4n) is 4.41. The maximum Gasteiger partial charge on any atom is 0.353 e. The molecule has 3 aliphatic rings. The van der Waals surface area contributed by atoms with E-state index in [1.54, 1.807) is 41.8 Å². The first kappa shape index (κ1) is 15.5. The zero-order valence-corrected chi connectivity index (χ0v) is 14.5. The van der Waals surface area contributed by atoms with Crippen LogP contribution in [0.5, 0.6) is 5.75 Å². The van der Waals surface area contributed by atoms with Crippen LogP contribution < -0.4 is 9.64 Å². The van der Waals surface area contributed by atoms with Gasteiger partial charge in [0, 0.05) is 0 Å². The van der Waals surface area contributed by atoms with Gasteiger partial charge in [-0.2, -0.15) is 0 Å². The van der Waals surface area contributed by atoms with Crippen molar-refractivity contribution < 1.29 is 19.1 Å². The third-order valence-corrected chi connectivity index (χ3v) is 6.35. The first-order valence-electron chi connectivity index (χ1n) is 8.56. The molecule has 1 aromatic heterocycles. The summed E-state index contributed by atoms with van der Waals surface area (Å²) in [5, 5.41) is 1.79. The van der Waals surface area contributed by atoms with Gasteiger partial charge >= 0.3 is 5.97 Å². The summed E-state index contributed by atoms with van der Waals surface area (Å²) in [7, 11) is 0. The van der Waals surface area contributed by atoms with E-state index in [9.17, 15) is 14.4 Å². The summed E-state index contributed by atoms with van der Waals surface area (Å²) >= 11 is 1.28. The highest BCUT2D eigenvalue weighted by atomic mass is 32.1. The molecule has 4 atom stereocenters. The predicted octanol–water partition coefficient (Wildman–Crippen LogP) is 3.28. The van der Waals surface area contributed by atoms with Gasteiger partial charge in [0.05, 0.1) is 17.5 Å². The molecule has 0 N–H and O–H groups in total. The van der Waals surface area contributed by atoms with Crippen molar-refractivity contribution in [1.29, 1.82) is 0 Å². The topological polar surface area (TPSA) is 63.7 Å². The molecule has 0 spiro atoms. The Morgan fingerprint density at radius 2 is 1.69 bits per heavy atom. The first-order chi connectivity index (χ1) is 12.6. The molecule has 1 aromatic carbocycles. The normalized spacial score (nSPS) is 28.7. The van der Waals surface area contributed by atoms with Crippen LogP contribution in [0, 0.1) is 23.7 Å². The first-order valence-corrected chi connectivity index (χ1v) is 9.44. The van der Waals surface area contributed by atoms with Crippen molar-refractivity contribution in [3.05, 3.63) is 58.8 Å². The van der Waals surface area contributed by atoms with Crippen molar-refractivity contribution in [1.82, 2.24) is 0 Å². The lowest BCUT2D eigenvalue weighted by atomic mass is 9.85. The Kier molecular flexibility index (Phi) is 3.37. The minimum absolute atomic E-state index is 0.146. The lowest BCUT2D eigenvalue weighted by Gasteiger charge is -2.19. The molecule has 2 aliphatic carbocycles. The van der Waals surface area contributed by atoms with Gasteiger partial charge in [-0.15, -0.1) is 11.3 Å². The van der Waals surface area contributed by atoms with Gasteiger partial charge in [-0.05, 0) is 41.8 Å². The highest BCUT2D eigenvalue weighted by Gasteiger charge is 2.59. The molecule has 130 valence electrons. The average Bonchev–Trinajstić information content (AvgIpc) is 3.41. The highest BCUT2D eigenvalue weighted by molar-refractivity contribution is 7.12. The molecular weight excluding hydrogens is 350 g/mol. The number of carbonyl (C=O) groups is 3. The monoisotopic (exact) mass is 365 g/mol. The maximum absolute atomic E-state index is 13.0. The summed E-state index contributed by atoms with van der Waals surface area (Å²) in [6.45, 7) is 0. The van der Waals surface area contributed by atoms with Gasteiger partial charge in [0.25, 0.3) is 0 Å². The Bertz CT molecular complexity index is 918. The van der Waals surface area contributed by atoms with E-state index >= 15 is 0 Å². The number of para-hydroxylation sites is 2. The Balaban J connectivity index is 1.49. The van der Waals surface area contributed by atoms with Crippen LogP contribution in [0.4, 0.5) is 5.69 Å². The molecule has 1 saturated heterocycles. The lowest BCUT2D eigenvalue weighted by molar-refractivity contribution is -0.123. The van der Waals surface area contributed by atoms with E-state index in [-0.39, 0.29) is 41.2 Å². The predicted molar refractivity (Wildman–Crippen MR) is 95.9 cm³/mol. The van der Waals surface area contributed by atoms with Crippen LogP contribution in [0.15, 0.2) is 53.9 Å². The van der Waals surface area contributed by atoms with Crippen LogP contribution in [-0.2, 0) is 9.59 Å². The fraction of sp³-hybridized carbons (Fsp3) is 0.250. The summed E-state index contributed by atoms with van der Waals surface area (Å²) in [4.78, 5) is 40.0. The van der Waals surface area contributed by atoms with Crippen molar-refractivity contribution in [3.8, 4) is 5.75 Å².